The van der Waals surface area contributed by atoms with Gasteiger partial charge >= 0.3 is 5.96 Å². The van der Waals surface area contributed by atoms with Gasteiger partial charge in [-0.1, -0.05) is 13.0 Å². The zero-order valence-electron chi connectivity index (χ0n) is 13.5. The zero-order chi connectivity index (χ0) is 15.5. The molecule has 1 atom stereocenters. The molecule has 1 aliphatic rings. The van der Waals surface area contributed by atoms with Crippen molar-refractivity contribution in [1.82, 2.24) is 15.3 Å². The van der Waals surface area contributed by atoms with Crippen molar-refractivity contribution in [2.75, 3.05) is 25.2 Å². The number of fused-ring (bicyclic) bond motifs is 1. The highest BCUT2D eigenvalue weighted by molar-refractivity contribution is 5.89. The molecule has 0 amide bonds. The topological polar surface area (TPSA) is 68.2 Å². The molecule has 0 bridgehead atoms. The molecule has 0 radical (unpaired) electrons. The highest BCUT2D eigenvalue weighted by Gasteiger charge is 2.19. The Morgan fingerprint density at radius 1 is 1.32 bits per heavy atom. The number of aryl methyl sites for hydroxylation is 2. The van der Waals surface area contributed by atoms with E-state index in [4.69, 9.17) is 0 Å². The van der Waals surface area contributed by atoms with Crippen molar-refractivity contribution in [3.63, 3.8) is 0 Å². The van der Waals surface area contributed by atoms with Crippen molar-refractivity contribution >= 4 is 22.8 Å². The second kappa shape index (κ2) is 6.27. The van der Waals surface area contributed by atoms with Gasteiger partial charge in [0.2, 0.25) is 0 Å². The van der Waals surface area contributed by atoms with Gasteiger partial charge in [-0.05, 0) is 38.0 Å². The van der Waals surface area contributed by atoms with Crippen LogP contribution in [0, 0.1) is 6.92 Å². The van der Waals surface area contributed by atoms with E-state index in [1.165, 1.54) is 10.5 Å². The Bertz CT molecular complexity index is 709. The summed E-state index contributed by atoms with van der Waals surface area (Å²) in [6, 6.07) is 6.38. The minimum atomic E-state index is 0.629. The molecule has 1 aromatic carbocycles. The van der Waals surface area contributed by atoms with Crippen molar-refractivity contribution in [3.8, 4) is 0 Å². The molecule has 0 saturated carbocycles. The highest BCUT2D eigenvalue weighted by Crippen LogP contribution is 2.19. The summed E-state index contributed by atoms with van der Waals surface area (Å²) in [5, 5.41) is 7.70. The maximum atomic E-state index is 4.61. The van der Waals surface area contributed by atoms with E-state index < -0.39 is 0 Å². The number of rotatable bonds is 3. The quantitative estimate of drug-likeness (QED) is 0.573. The first-order chi connectivity index (χ1) is 10.7. The van der Waals surface area contributed by atoms with Crippen molar-refractivity contribution < 1.29 is 9.89 Å². The molecule has 0 spiro atoms. The summed E-state index contributed by atoms with van der Waals surface area (Å²) in [5.74, 6) is 1.50. The van der Waals surface area contributed by atoms with E-state index in [9.17, 15) is 0 Å². The van der Waals surface area contributed by atoms with E-state index in [-0.39, 0.29) is 0 Å². The first kappa shape index (κ1) is 14.7. The van der Waals surface area contributed by atoms with Gasteiger partial charge in [0, 0.05) is 5.39 Å². The summed E-state index contributed by atoms with van der Waals surface area (Å²) in [6.45, 7) is 9.27. The van der Waals surface area contributed by atoms with Gasteiger partial charge in [-0.3, -0.25) is 4.90 Å². The molecule has 3 rings (SSSR count). The molecule has 1 unspecified atom stereocenters. The SMILES string of the molecule is CCc1ccc2nc(NC3=[NH+]C[NH+](CC)CN3)nc(C)c2c1. The number of guanidine groups is 1. The molecule has 0 aliphatic carbocycles. The second-order valence-electron chi connectivity index (χ2n) is 5.65. The first-order valence-electron chi connectivity index (χ1n) is 7.92. The van der Waals surface area contributed by atoms with Crippen LogP contribution in [0.5, 0.6) is 0 Å². The van der Waals surface area contributed by atoms with E-state index in [2.05, 4.69) is 57.6 Å². The number of hydrogen-bond acceptors (Lipinski definition) is 4. The third-order valence-corrected chi connectivity index (χ3v) is 4.13. The number of benzene rings is 1. The number of nitrogens with zero attached hydrogens (tertiary/aromatic N) is 2. The van der Waals surface area contributed by atoms with Gasteiger partial charge in [0.1, 0.15) is 0 Å². The second-order valence-corrected chi connectivity index (χ2v) is 5.65. The Kier molecular flexibility index (Phi) is 4.20. The molecular formula is C16H24N6+2. The molecule has 2 aromatic rings. The number of hydrogen-bond donors (Lipinski definition) is 4. The van der Waals surface area contributed by atoms with Gasteiger partial charge in [0.25, 0.3) is 5.95 Å². The lowest BCUT2D eigenvalue weighted by molar-refractivity contribution is -0.979. The highest BCUT2D eigenvalue weighted by atomic mass is 15.4. The summed E-state index contributed by atoms with van der Waals surface area (Å²) < 4.78 is 0. The van der Waals surface area contributed by atoms with E-state index in [0.717, 1.165) is 48.9 Å². The fourth-order valence-corrected chi connectivity index (χ4v) is 2.61. The van der Waals surface area contributed by atoms with Crippen LogP contribution in [-0.2, 0) is 6.42 Å². The largest absolute Gasteiger partial charge is 0.359 e. The first-order valence-corrected chi connectivity index (χ1v) is 7.92. The van der Waals surface area contributed by atoms with Crippen LogP contribution in [0.2, 0.25) is 0 Å². The van der Waals surface area contributed by atoms with Crippen LogP contribution >= 0.6 is 0 Å². The molecule has 1 aromatic heterocycles. The average Bonchev–Trinajstić information content (AvgIpc) is 2.55. The van der Waals surface area contributed by atoms with Crippen molar-refractivity contribution in [3.05, 3.63) is 29.5 Å². The summed E-state index contributed by atoms with van der Waals surface area (Å²) in [6.07, 6.45) is 1.03. The molecule has 22 heavy (non-hydrogen) atoms. The third kappa shape index (κ3) is 3.01. The predicted molar refractivity (Wildman–Crippen MR) is 87.6 cm³/mol. The summed E-state index contributed by atoms with van der Waals surface area (Å²) in [7, 11) is 0. The van der Waals surface area contributed by atoms with Gasteiger partial charge in [0.15, 0.2) is 13.3 Å². The lowest BCUT2D eigenvalue weighted by Gasteiger charge is -2.18. The average molecular weight is 300 g/mol. The molecule has 6 nitrogen and oxygen atoms in total. The summed E-state index contributed by atoms with van der Waals surface area (Å²) >= 11 is 0. The molecule has 1 aliphatic heterocycles. The Morgan fingerprint density at radius 3 is 2.86 bits per heavy atom. The maximum Gasteiger partial charge on any atom is 0.359 e. The van der Waals surface area contributed by atoms with Crippen molar-refractivity contribution in [2.45, 2.75) is 27.2 Å². The number of aromatic nitrogens is 2. The van der Waals surface area contributed by atoms with Gasteiger partial charge in [0.05, 0.1) is 17.8 Å². The fourth-order valence-electron chi connectivity index (χ4n) is 2.61. The minimum Gasteiger partial charge on any atom is -0.277 e. The van der Waals surface area contributed by atoms with Crippen LogP contribution in [0.3, 0.4) is 0 Å². The normalized spacial score (nSPS) is 18.0. The lowest BCUT2D eigenvalue weighted by atomic mass is 10.1. The Hall–Kier alpha value is -2.21. The molecule has 0 fully saturated rings. The summed E-state index contributed by atoms with van der Waals surface area (Å²) in [5.41, 5.74) is 3.29. The van der Waals surface area contributed by atoms with Gasteiger partial charge < -0.3 is 0 Å². The third-order valence-electron chi connectivity index (χ3n) is 4.13. The fraction of sp³-hybridized carbons (Fsp3) is 0.438. The maximum absolute atomic E-state index is 4.61. The smallest absolute Gasteiger partial charge is 0.277 e. The molecule has 0 saturated heterocycles. The van der Waals surface area contributed by atoms with Crippen LogP contribution in [0.4, 0.5) is 5.95 Å². The van der Waals surface area contributed by atoms with Crippen LogP contribution in [0.1, 0.15) is 25.1 Å². The molecule has 116 valence electrons. The van der Waals surface area contributed by atoms with E-state index in [1.54, 1.807) is 0 Å². The Labute approximate surface area is 130 Å². The van der Waals surface area contributed by atoms with E-state index in [0.29, 0.717) is 5.95 Å². The predicted octanol–water partition coefficient (Wildman–Crippen LogP) is -1.23. The molecule has 4 N–H and O–H groups in total. The van der Waals surface area contributed by atoms with Gasteiger partial charge in [-0.2, -0.15) is 4.98 Å². The Balaban J connectivity index is 1.85. The molecule has 6 heteroatoms. The van der Waals surface area contributed by atoms with Crippen LogP contribution in [0.25, 0.3) is 10.9 Å². The van der Waals surface area contributed by atoms with Crippen LogP contribution in [0.15, 0.2) is 18.2 Å². The van der Waals surface area contributed by atoms with Crippen LogP contribution < -0.4 is 20.5 Å². The molecule has 2 heterocycles. The minimum absolute atomic E-state index is 0.629. The number of anilines is 1. The number of nitrogens with one attached hydrogen (secondary N) is 4. The number of quaternary nitrogens is 1. The van der Waals surface area contributed by atoms with Gasteiger partial charge in [-0.15, -0.1) is 0 Å². The standard InChI is InChI=1S/C16H22N6/c1-4-12-6-7-14-13(8-12)11(3)19-16(20-14)21-15-17-9-22(5-2)10-18-15/h6-8H,4-5,9-10H2,1-3H3,(H2,17,18,19,20,21)/p+2. The van der Waals surface area contributed by atoms with Crippen molar-refractivity contribution in [2.24, 2.45) is 0 Å². The molecular weight excluding hydrogens is 276 g/mol. The Morgan fingerprint density at radius 2 is 2.18 bits per heavy atom. The van der Waals surface area contributed by atoms with Crippen LogP contribution in [-0.4, -0.2) is 35.8 Å². The monoisotopic (exact) mass is 300 g/mol. The summed E-state index contributed by atoms with van der Waals surface area (Å²) in [4.78, 5) is 14.0. The van der Waals surface area contributed by atoms with Gasteiger partial charge in [-0.25, -0.2) is 20.6 Å². The van der Waals surface area contributed by atoms with E-state index >= 15 is 0 Å². The lowest BCUT2D eigenvalue weighted by Crippen LogP contribution is -3.24. The van der Waals surface area contributed by atoms with Crippen molar-refractivity contribution in [1.29, 1.82) is 0 Å². The zero-order valence-corrected chi connectivity index (χ0v) is 13.5. The van der Waals surface area contributed by atoms with E-state index in [1.807, 2.05) is 6.92 Å².